The first-order valence-electron chi connectivity index (χ1n) is 8.09. The molecule has 1 fully saturated rings. The number of hydrogen-bond donors (Lipinski definition) is 1. The molecule has 2 rings (SSSR count). The number of piperazine rings is 1. The van der Waals surface area contributed by atoms with Gasteiger partial charge in [0, 0.05) is 38.8 Å². The Morgan fingerprint density at radius 3 is 2.17 bits per heavy atom. The van der Waals surface area contributed by atoms with Gasteiger partial charge in [-0.15, -0.1) is 0 Å². The van der Waals surface area contributed by atoms with E-state index >= 15 is 0 Å². The molecule has 134 valence electrons. The van der Waals surface area contributed by atoms with Crippen LogP contribution in [0, 0.1) is 0 Å². The molecule has 0 aromatic heterocycles. The van der Waals surface area contributed by atoms with Gasteiger partial charge in [0.25, 0.3) is 0 Å². The Kier molecular flexibility index (Phi) is 6.54. The van der Waals surface area contributed by atoms with Crippen LogP contribution in [0.15, 0.2) is 12.1 Å². The molecule has 0 spiro atoms. The Labute approximate surface area is 143 Å². The number of carbonyl (C=O) groups excluding carboxylic acids is 1. The summed E-state index contributed by atoms with van der Waals surface area (Å²) < 4.78 is 16.0. The first-order valence-corrected chi connectivity index (χ1v) is 8.09. The molecular formula is C17H27N3O4. The monoisotopic (exact) mass is 337 g/mol. The van der Waals surface area contributed by atoms with Crippen molar-refractivity contribution >= 4 is 6.03 Å². The fraction of sp³-hybridized carbons (Fsp3) is 0.588. The van der Waals surface area contributed by atoms with E-state index in [1.165, 1.54) is 0 Å². The predicted octanol–water partition coefficient (Wildman–Crippen LogP) is 1.21. The van der Waals surface area contributed by atoms with Crippen LogP contribution in [0.25, 0.3) is 0 Å². The molecule has 7 heteroatoms. The van der Waals surface area contributed by atoms with E-state index in [0.29, 0.717) is 24.5 Å². The summed E-state index contributed by atoms with van der Waals surface area (Å²) in [5, 5.41) is 2.97. The number of benzene rings is 1. The lowest BCUT2D eigenvalue weighted by Crippen LogP contribution is -2.50. The van der Waals surface area contributed by atoms with E-state index in [9.17, 15) is 4.79 Å². The van der Waals surface area contributed by atoms with Crippen LogP contribution in [0.4, 0.5) is 4.79 Å². The minimum absolute atomic E-state index is 0.0115. The minimum atomic E-state index is -0.0115. The number of likely N-dealkylation sites (N-methyl/N-ethyl adjacent to an activating group) is 1. The first-order chi connectivity index (χ1) is 11.6. The maximum absolute atomic E-state index is 12.2. The van der Waals surface area contributed by atoms with Gasteiger partial charge in [0.05, 0.1) is 21.3 Å². The van der Waals surface area contributed by atoms with E-state index in [0.717, 1.165) is 37.5 Å². The highest BCUT2D eigenvalue weighted by Gasteiger charge is 2.18. The molecule has 1 N–H and O–H groups in total. The third-order valence-corrected chi connectivity index (χ3v) is 4.25. The molecule has 7 nitrogen and oxygen atoms in total. The van der Waals surface area contributed by atoms with Crippen LogP contribution in [0.2, 0.25) is 0 Å². The van der Waals surface area contributed by atoms with E-state index in [1.807, 2.05) is 11.0 Å². The predicted molar refractivity (Wildman–Crippen MR) is 92.3 cm³/mol. The smallest absolute Gasteiger partial charge is 0.317 e. The molecule has 0 radical (unpaired) electrons. The zero-order chi connectivity index (χ0) is 17.5. The Morgan fingerprint density at radius 2 is 1.58 bits per heavy atom. The zero-order valence-corrected chi connectivity index (χ0v) is 14.9. The van der Waals surface area contributed by atoms with Crippen LogP contribution in [-0.4, -0.2) is 76.9 Å². The molecule has 1 saturated heterocycles. The van der Waals surface area contributed by atoms with Crippen molar-refractivity contribution in [2.45, 2.75) is 6.42 Å². The normalized spacial score (nSPS) is 15.1. The second-order valence-corrected chi connectivity index (χ2v) is 5.79. The minimum Gasteiger partial charge on any atom is -0.496 e. The van der Waals surface area contributed by atoms with Crippen LogP contribution in [0.3, 0.4) is 0 Å². The molecule has 0 aliphatic carbocycles. The Morgan fingerprint density at radius 1 is 1.00 bits per heavy atom. The summed E-state index contributed by atoms with van der Waals surface area (Å²) in [5.41, 5.74) is 0.967. The maximum Gasteiger partial charge on any atom is 0.317 e. The Bertz CT molecular complexity index is 557. The number of urea groups is 1. The largest absolute Gasteiger partial charge is 0.496 e. The highest BCUT2D eigenvalue weighted by molar-refractivity contribution is 5.74. The molecule has 1 heterocycles. The molecule has 1 aliphatic heterocycles. The van der Waals surface area contributed by atoms with Gasteiger partial charge < -0.3 is 29.3 Å². The van der Waals surface area contributed by atoms with Crippen molar-refractivity contribution < 1.29 is 19.0 Å². The van der Waals surface area contributed by atoms with Gasteiger partial charge in [-0.1, -0.05) is 0 Å². The van der Waals surface area contributed by atoms with Crippen molar-refractivity contribution in [2.24, 2.45) is 0 Å². The fourth-order valence-corrected chi connectivity index (χ4v) is 2.71. The zero-order valence-electron chi connectivity index (χ0n) is 14.9. The summed E-state index contributed by atoms with van der Waals surface area (Å²) in [6.45, 7) is 3.90. The summed E-state index contributed by atoms with van der Waals surface area (Å²) in [4.78, 5) is 16.3. The van der Waals surface area contributed by atoms with Crippen LogP contribution in [-0.2, 0) is 6.42 Å². The lowest BCUT2D eigenvalue weighted by Gasteiger charge is -2.32. The molecule has 1 aliphatic rings. The van der Waals surface area contributed by atoms with Crippen molar-refractivity contribution in [1.82, 2.24) is 15.1 Å². The standard InChI is InChI=1S/C17H27N3O4/c1-19-7-9-20(10-8-19)17(21)18-6-5-13-11-15(23-3)16(24-4)12-14(13)22-2/h11-12H,5-10H2,1-4H3,(H,18,21). The van der Waals surface area contributed by atoms with Gasteiger partial charge in [0.1, 0.15) is 5.75 Å². The van der Waals surface area contributed by atoms with Crippen molar-refractivity contribution in [3.8, 4) is 17.2 Å². The number of carbonyl (C=O) groups is 1. The third-order valence-electron chi connectivity index (χ3n) is 4.25. The van der Waals surface area contributed by atoms with Gasteiger partial charge >= 0.3 is 6.03 Å². The Balaban J connectivity index is 1.92. The lowest BCUT2D eigenvalue weighted by molar-refractivity contribution is 0.154. The van der Waals surface area contributed by atoms with Gasteiger partial charge in [-0.3, -0.25) is 0 Å². The highest BCUT2D eigenvalue weighted by Crippen LogP contribution is 2.34. The van der Waals surface area contributed by atoms with Crippen molar-refractivity contribution in [2.75, 3.05) is 61.1 Å². The number of amides is 2. The second-order valence-electron chi connectivity index (χ2n) is 5.79. The van der Waals surface area contributed by atoms with Crippen molar-refractivity contribution in [3.05, 3.63) is 17.7 Å². The molecule has 0 bridgehead atoms. The first kappa shape index (κ1) is 18.2. The molecule has 0 atom stereocenters. The molecule has 1 aromatic rings. The number of methoxy groups -OCH3 is 3. The van der Waals surface area contributed by atoms with Gasteiger partial charge in [0.2, 0.25) is 0 Å². The third kappa shape index (κ3) is 4.44. The summed E-state index contributed by atoms with van der Waals surface area (Å²) in [7, 11) is 6.88. The molecule has 0 unspecified atom stereocenters. The van der Waals surface area contributed by atoms with Gasteiger partial charge in [-0.25, -0.2) is 4.79 Å². The molecular weight excluding hydrogens is 310 g/mol. The average Bonchev–Trinajstić information content (AvgIpc) is 2.61. The van der Waals surface area contributed by atoms with E-state index in [2.05, 4.69) is 17.3 Å². The van der Waals surface area contributed by atoms with Crippen molar-refractivity contribution in [1.29, 1.82) is 0 Å². The molecule has 0 saturated carbocycles. The van der Waals surface area contributed by atoms with Gasteiger partial charge in [-0.05, 0) is 25.1 Å². The van der Waals surface area contributed by atoms with Gasteiger partial charge in [0.15, 0.2) is 11.5 Å². The number of hydrogen-bond acceptors (Lipinski definition) is 5. The molecule has 24 heavy (non-hydrogen) atoms. The summed E-state index contributed by atoms with van der Waals surface area (Å²) in [6, 6.07) is 3.68. The lowest BCUT2D eigenvalue weighted by atomic mass is 10.1. The van der Waals surface area contributed by atoms with E-state index in [-0.39, 0.29) is 6.03 Å². The molecule has 2 amide bonds. The summed E-state index contributed by atoms with van der Waals surface area (Å²) >= 11 is 0. The summed E-state index contributed by atoms with van der Waals surface area (Å²) in [6.07, 6.45) is 0.656. The number of nitrogens with zero attached hydrogens (tertiary/aromatic N) is 2. The van der Waals surface area contributed by atoms with E-state index in [4.69, 9.17) is 14.2 Å². The molecule has 1 aromatic carbocycles. The quantitative estimate of drug-likeness (QED) is 0.845. The van der Waals surface area contributed by atoms with Crippen LogP contribution in [0.1, 0.15) is 5.56 Å². The SMILES string of the molecule is COc1cc(OC)c(OC)cc1CCNC(=O)N1CCN(C)CC1. The van der Waals surface area contributed by atoms with E-state index < -0.39 is 0 Å². The number of rotatable bonds is 6. The van der Waals surface area contributed by atoms with Crippen LogP contribution >= 0.6 is 0 Å². The number of nitrogens with one attached hydrogen (secondary N) is 1. The Hall–Kier alpha value is -2.15. The maximum atomic E-state index is 12.2. The topological polar surface area (TPSA) is 63.3 Å². The average molecular weight is 337 g/mol. The van der Waals surface area contributed by atoms with Crippen LogP contribution < -0.4 is 19.5 Å². The van der Waals surface area contributed by atoms with E-state index in [1.54, 1.807) is 27.4 Å². The summed E-state index contributed by atoms with van der Waals surface area (Å²) in [5.74, 6) is 2.00. The van der Waals surface area contributed by atoms with Gasteiger partial charge in [-0.2, -0.15) is 0 Å². The fourth-order valence-electron chi connectivity index (χ4n) is 2.71. The van der Waals surface area contributed by atoms with Crippen LogP contribution in [0.5, 0.6) is 17.2 Å². The number of ether oxygens (including phenoxy) is 3. The second kappa shape index (κ2) is 8.63. The van der Waals surface area contributed by atoms with Crippen molar-refractivity contribution in [3.63, 3.8) is 0 Å². The highest BCUT2D eigenvalue weighted by atomic mass is 16.5.